The molecule has 6 heteroatoms. The quantitative estimate of drug-likeness (QED) is 0.916. The molecule has 0 saturated heterocycles. The van der Waals surface area contributed by atoms with Crippen molar-refractivity contribution in [2.45, 2.75) is 19.4 Å². The van der Waals surface area contributed by atoms with Crippen molar-refractivity contribution in [2.24, 2.45) is 5.73 Å². The Morgan fingerprint density at radius 2 is 2.11 bits per heavy atom. The van der Waals surface area contributed by atoms with Crippen LogP contribution in [0, 0.1) is 5.82 Å². The van der Waals surface area contributed by atoms with Gasteiger partial charge in [-0.3, -0.25) is 4.79 Å². The molecule has 0 atom stereocenters. The zero-order chi connectivity index (χ0) is 13.3. The molecule has 1 heterocycles. The van der Waals surface area contributed by atoms with Crippen LogP contribution in [0.15, 0.2) is 24.3 Å². The van der Waals surface area contributed by atoms with Gasteiger partial charge in [-0.2, -0.15) is 0 Å². The molecule has 19 heavy (non-hydrogen) atoms. The summed E-state index contributed by atoms with van der Waals surface area (Å²) < 4.78 is 14.0. The zero-order valence-corrected chi connectivity index (χ0v) is 12.3. The van der Waals surface area contributed by atoms with Gasteiger partial charge in [0.05, 0.1) is 4.88 Å². The molecular formula is C13H16ClFN2OS. The second-order valence-electron chi connectivity index (χ2n) is 4.83. The second kappa shape index (κ2) is 5.86. The molecule has 0 fully saturated rings. The van der Waals surface area contributed by atoms with Crippen LogP contribution >= 0.6 is 23.7 Å². The number of nitrogens with one attached hydrogen (secondary N) is 1. The lowest BCUT2D eigenvalue weighted by Gasteiger charge is -2.23. The first-order valence-corrected chi connectivity index (χ1v) is 6.45. The largest absolute Gasteiger partial charge is 0.345 e. The van der Waals surface area contributed by atoms with Crippen molar-refractivity contribution in [2.75, 3.05) is 6.54 Å². The Morgan fingerprint density at radius 3 is 2.74 bits per heavy atom. The summed E-state index contributed by atoms with van der Waals surface area (Å²) in [5.41, 5.74) is 5.12. The van der Waals surface area contributed by atoms with Gasteiger partial charge in [0.15, 0.2) is 0 Å². The van der Waals surface area contributed by atoms with E-state index in [-0.39, 0.29) is 24.1 Å². The van der Waals surface area contributed by atoms with Crippen LogP contribution in [0.2, 0.25) is 0 Å². The number of carbonyl (C=O) groups is 1. The van der Waals surface area contributed by atoms with Gasteiger partial charge in [-0.25, -0.2) is 4.39 Å². The molecule has 1 aromatic heterocycles. The third-order valence-electron chi connectivity index (χ3n) is 2.66. The van der Waals surface area contributed by atoms with Crippen LogP contribution in [0.25, 0.3) is 10.1 Å². The average molecular weight is 303 g/mol. The Labute approximate surface area is 121 Å². The predicted molar refractivity (Wildman–Crippen MR) is 79.6 cm³/mol. The summed E-state index contributed by atoms with van der Waals surface area (Å²) in [5.74, 6) is -0.471. The summed E-state index contributed by atoms with van der Waals surface area (Å²) in [5, 5.41) is 3.60. The number of benzene rings is 1. The molecule has 0 aliphatic rings. The molecule has 3 N–H and O–H groups in total. The predicted octanol–water partition coefficient (Wildman–Crippen LogP) is 2.93. The van der Waals surface area contributed by atoms with Crippen molar-refractivity contribution in [3.63, 3.8) is 0 Å². The van der Waals surface area contributed by atoms with E-state index in [0.29, 0.717) is 11.4 Å². The van der Waals surface area contributed by atoms with E-state index in [0.717, 1.165) is 10.1 Å². The maximum absolute atomic E-state index is 13.1. The molecular weight excluding hydrogens is 287 g/mol. The molecule has 0 aliphatic carbocycles. The molecule has 2 rings (SSSR count). The van der Waals surface area contributed by atoms with Crippen LogP contribution in [0.5, 0.6) is 0 Å². The molecule has 3 nitrogen and oxygen atoms in total. The van der Waals surface area contributed by atoms with E-state index in [1.165, 1.54) is 23.5 Å². The van der Waals surface area contributed by atoms with Gasteiger partial charge in [-0.1, -0.05) is 0 Å². The van der Waals surface area contributed by atoms with Gasteiger partial charge in [-0.05, 0) is 43.5 Å². The highest BCUT2D eigenvalue weighted by Crippen LogP contribution is 2.26. The van der Waals surface area contributed by atoms with Gasteiger partial charge in [0, 0.05) is 16.8 Å². The summed E-state index contributed by atoms with van der Waals surface area (Å²) in [6.45, 7) is 4.08. The van der Waals surface area contributed by atoms with E-state index in [1.54, 1.807) is 12.1 Å². The van der Waals surface area contributed by atoms with Gasteiger partial charge in [0.1, 0.15) is 5.82 Å². The monoisotopic (exact) mass is 302 g/mol. The highest BCUT2D eigenvalue weighted by Gasteiger charge is 2.20. The summed E-state index contributed by atoms with van der Waals surface area (Å²) in [6.07, 6.45) is 0. The number of hydrogen-bond donors (Lipinski definition) is 2. The van der Waals surface area contributed by atoms with Gasteiger partial charge in [0.2, 0.25) is 0 Å². The molecule has 0 bridgehead atoms. The molecule has 0 spiro atoms. The van der Waals surface area contributed by atoms with E-state index >= 15 is 0 Å². The standard InChI is InChI=1S/C13H15FN2OS.ClH/c1-13(2,7-15)16-12(17)11-6-8-5-9(14)3-4-10(8)18-11;/h3-6H,7,15H2,1-2H3,(H,16,17);1H. The molecule has 1 amide bonds. The van der Waals surface area contributed by atoms with Crippen LogP contribution in [0.3, 0.4) is 0 Å². The van der Waals surface area contributed by atoms with Gasteiger partial charge < -0.3 is 11.1 Å². The Hall–Kier alpha value is -1.17. The fourth-order valence-electron chi connectivity index (χ4n) is 1.55. The lowest BCUT2D eigenvalue weighted by Crippen LogP contribution is -2.48. The van der Waals surface area contributed by atoms with Gasteiger partial charge in [-0.15, -0.1) is 23.7 Å². The topological polar surface area (TPSA) is 55.1 Å². The van der Waals surface area contributed by atoms with E-state index in [9.17, 15) is 9.18 Å². The molecule has 0 radical (unpaired) electrons. The number of halogens is 2. The fraction of sp³-hybridized carbons (Fsp3) is 0.308. The number of thiophene rings is 1. The molecule has 2 aromatic rings. The fourth-order valence-corrected chi connectivity index (χ4v) is 2.48. The van der Waals surface area contributed by atoms with Gasteiger partial charge >= 0.3 is 0 Å². The highest BCUT2D eigenvalue weighted by atomic mass is 35.5. The van der Waals surface area contributed by atoms with Crippen molar-refractivity contribution in [3.8, 4) is 0 Å². The van der Waals surface area contributed by atoms with Crippen LogP contribution in [-0.4, -0.2) is 18.0 Å². The number of fused-ring (bicyclic) bond motifs is 1. The molecule has 1 aromatic carbocycles. The lowest BCUT2D eigenvalue weighted by molar-refractivity contribution is 0.0920. The van der Waals surface area contributed by atoms with Crippen LogP contribution in [0.1, 0.15) is 23.5 Å². The summed E-state index contributed by atoms with van der Waals surface area (Å²) in [6, 6.07) is 6.20. The summed E-state index contributed by atoms with van der Waals surface area (Å²) in [4.78, 5) is 12.6. The second-order valence-corrected chi connectivity index (χ2v) is 5.92. The summed E-state index contributed by atoms with van der Waals surface area (Å²) >= 11 is 1.35. The number of hydrogen-bond acceptors (Lipinski definition) is 3. The molecule has 0 saturated carbocycles. The van der Waals surface area contributed by atoms with Crippen molar-refractivity contribution < 1.29 is 9.18 Å². The van der Waals surface area contributed by atoms with Crippen molar-refractivity contribution >= 4 is 39.7 Å². The minimum absolute atomic E-state index is 0. The highest BCUT2D eigenvalue weighted by molar-refractivity contribution is 7.20. The van der Waals surface area contributed by atoms with E-state index in [4.69, 9.17) is 5.73 Å². The molecule has 0 unspecified atom stereocenters. The van der Waals surface area contributed by atoms with Crippen molar-refractivity contribution in [1.29, 1.82) is 0 Å². The number of rotatable bonds is 3. The minimum Gasteiger partial charge on any atom is -0.345 e. The first-order chi connectivity index (χ1) is 8.41. The Kier molecular flexibility index (Phi) is 4.90. The first-order valence-electron chi connectivity index (χ1n) is 5.63. The van der Waals surface area contributed by atoms with E-state index in [1.807, 2.05) is 13.8 Å². The minimum atomic E-state index is -0.446. The van der Waals surface area contributed by atoms with E-state index < -0.39 is 5.54 Å². The smallest absolute Gasteiger partial charge is 0.261 e. The van der Waals surface area contributed by atoms with Crippen LogP contribution < -0.4 is 11.1 Å². The molecule has 0 aliphatic heterocycles. The average Bonchev–Trinajstić information content (AvgIpc) is 2.71. The van der Waals surface area contributed by atoms with Crippen molar-refractivity contribution in [3.05, 3.63) is 35.0 Å². The maximum atomic E-state index is 13.1. The summed E-state index contributed by atoms with van der Waals surface area (Å²) in [7, 11) is 0. The third kappa shape index (κ3) is 3.65. The third-order valence-corrected chi connectivity index (χ3v) is 3.78. The Bertz CT molecular complexity index is 597. The lowest BCUT2D eigenvalue weighted by atomic mass is 10.1. The SMILES string of the molecule is CC(C)(CN)NC(=O)c1cc2cc(F)ccc2s1.Cl. The van der Waals surface area contributed by atoms with Gasteiger partial charge in [0.25, 0.3) is 5.91 Å². The number of nitrogens with two attached hydrogens (primary N) is 1. The Morgan fingerprint density at radius 1 is 1.42 bits per heavy atom. The first kappa shape index (κ1) is 15.9. The normalized spacial score (nSPS) is 11.2. The van der Waals surface area contributed by atoms with Crippen LogP contribution in [0.4, 0.5) is 4.39 Å². The number of carbonyl (C=O) groups excluding carboxylic acids is 1. The Balaban J connectivity index is 0.00000180. The number of amides is 1. The van der Waals surface area contributed by atoms with E-state index in [2.05, 4.69) is 5.32 Å². The van der Waals surface area contributed by atoms with Crippen LogP contribution in [-0.2, 0) is 0 Å². The maximum Gasteiger partial charge on any atom is 0.261 e. The van der Waals surface area contributed by atoms with Crippen molar-refractivity contribution in [1.82, 2.24) is 5.32 Å². The zero-order valence-electron chi connectivity index (χ0n) is 10.7. The molecule has 104 valence electrons.